The van der Waals surface area contributed by atoms with Crippen LogP contribution in [0.5, 0.6) is 0 Å². The number of hydrogen-bond donors (Lipinski definition) is 2. The Bertz CT molecular complexity index is 1200. The van der Waals surface area contributed by atoms with Gasteiger partial charge in [0, 0.05) is 17.5 Å². The predicted octanol–water partition coefficient (Wildman–Crippen LogP) is 5.42. The van der Waals surface area contributed by atoms with Crippen LogP contribution in [0.1, 0.15) is 27.2 Å². The number of nitrogens with one attached hydrogen (secondary N) is 2. The third kappa shape index (κ3) is 5.11. The first-order valence-electron chi connectivity index (χ1n) is 9.92. The Morgan fingerprint density at radius 1 is 0.935 bits per heavy atom. The summed E-state index contributed by atoms with van der Waals surface area (Å²) in [4.78, 5) is 24.5. The van der Waals surface area contributed by atoms with Crippen LogP contribution in [0, 0.1) is 6.92 Å². The molecule has 3 aromatic carbocycles. The first-order chi connectivity index (χ1) is 15.1. The van der Waals surface area contributed by atoms with Gasteiger partial charge in [-0.3, -0.25) is 4.79 Å². The Balaban J connectivity index is 1.43. The van der Waals surface area contributed by atoms with Gasteiger partial charge in [0.15, 0.2) is 12.2 Å². The van der Waals surface area contributed by atoms with Crippen molar-refractivity contribution in [3.8, 4) is 0 Å². The molecule has 0 saturated carbocycles. The van der Waals surface area contributed by atoms with E-state index in [1.807, 2.05) is 73.7 Å². The molecule has 4 aromatic rings. The maximum Gasteiger partial charge on any atom is 0.407 e. The SMILES string of the molecule is Cc1cc(NC(=O)c2ccccc2)c2oc(COC(=O)NCc3ccccc3)cc2c1. The Hall–Kier alpha value is -4.06. The zero-order chi connectivity index (χ0) is 21.6. The molecule has 1 heterocycles. The number of aryl methyl sites for hydroxylation is 1. The minimum atomic E-state index is -0.530. The second-order valence-corrected chi connectivity index (χ2v) is 7.18. The Morgan fingerprint density at radius 2 is 1.65 bits per heavy atom. The summed E-state index contributed by atoms with van der Waals surface area (Å²) in [5.41, 5.74) is 3.63. The molecule has 0 radical (unpaired) electrons. The van der Waals surface area contributed by atoms with Gasteiger partial charge < -0.3 is 19.8 Å². The highest BCUT2D eigenvalue weighted by atomic mass is 16.6. The third-order valence-electron chi connectivity index (χ3n) is 4.72. The van der Waals surface area contributed by atoms with Crippen LogP contribution in [-0.2, 0) is 17.9 Å². The van der Waals surface area contributed by atoms with Gasteiger partial charge in [-0.05, 0) is 48.4 Å². The quantitative estimate of drug-likeness (QED) is 0.441. The monoisotopic (exact) mass is 414 g/mol. The average Bonchev–Trinajstić information content (AvgIpc) is 3.20. The molecule has 0 unspecified atom stereocenters. The number of carbonyl (C=O) groups excluding carboxylic acids is 2. The normalized spacial score (nSPS) is 10.6. The van der Waals surface area contributed by atoms with Crippen LogP contribution in [0.4, 0.5) is 10.5 Å². The van der Waals surface area contributed by atoms with Gasteiger partial charge in [-0.15, -0.1) is 0 Å². The zero-order valence-electron chi connectivity index (χ0n) is 17.1. The summed E-state index contributed by atoms with van der Waals surface area (Å²) in [7, 11) is 0. The molecule has 31 heavy (non-hydrogen) atoms. The largest absolute Gasteiger partial charge is 0.455 e. The molecule has 1 aromatic heterocycles. The molecule has 6 nitrogen and oxygen atoms in total. The fraction of sp³-hybridized carbons (Fsp3) is 0.120. The van der Waals surface area contributed by atoms with E-state index in [0.717, 1.165) is 16.5 Å². The van der Waals surface area contributed by atoms with E-state index in [4.69, 9.17) is 9.15 Å². The highest BCUT2D eigenvalue weighted by molar-refractivity contribution is 6.08. The molecule has 0 atom stereocenters. The molecule has 2 N–H and O–H groups in total. The van der Waals surface area contributed by atoms with E-state index in [1.165, 1.54) is 0 Å². The molecule has 0 aliphatic rings. The van der Waals surface area contributed by atoms with Crippen molar-refractivity contribution in [2.24, 2.45) is 0 Å². The van der Waals surface area contributed by atoms with Crippen LogP contribution in [0.3, 0.4) is 0 Å². The van der Waals surface area contributed by atoms with E-state index in [1.54, 1.807) is 12.1 Å². The number of furan rings is 1. The third-order valence-corrected chi connectivity index (χ3v) is 4.72. The zero-order valence-corrected chi connectivity index (χ0v) is 17.1. The summed E-state index contributed by atoms with van der Waals surface area (Å²) in [6, 6.07) is 24.2. The predicted molar refractivity (Wildman–Crippen MR) is 119 cm³/mol. The van der Waals surface area contributed by atoms with Crippen LogP contribution < -0.4 is 10.6 Å². The van der Waals surface area contributed by atoms with Gasteiger partial charge >= 0.3 is 6.09 Å². The highest BCUT2D eigenvalue weighted by Gasteiger charge is 2.14. The van der Waals surface area contributed by atoms with Gasteiger partial charge in [0.1, 0.15) is 5.76 Å². The van der Waals surface area contributed by atoms with Gasteiger partial charge in [-0.25, -0.2) is 4.79 Å². The molecule has 0 aliphatic carbocycles. The number of carbonyl (C=O) groups is 2. The Morgan fingerprint density at radius 3 is 2.39 bits per heavy atom. The molecular weight excluding hydrogens is 392 g/mol. The van der Waals surface area contributed by atoms with E-state index in [2.05, 4.69) is 10.6 Å². The summed E-state index contributed by atoms with van der Waals surface area (Å²) in [6.07, 6.45) is -0.530. The number of amides is 2. The summed E-state index contributed by atoms with van der Waals surface area (Å²) < 4.78 is 11.2. The van der Waals surface area contributed by atoms with E-state index in [0.29, 0.717) is 29.1 Å². The van der Waals surface area contributed by atoms with Crippen LogP contribution in [0.2, 0.25) is 0 Å². The lowest BCUT2D eigenvalue weighted by Gasteiger charge is -2.07. The number of rotatable bonds is 6. The lowest BCUT2D eigenvalue weighted by atomic mass is 10.1. The number of hydrogen-bond acceptors (Lipinski definition) is 4. The molecule has 0 aliphatic heterocycles. The van der Waals surface area contributed by atoms with E-state index < -0.39 is 6.09 Å². The lowest BCUT2D eigenvalue weighted by Crippen LogP contribution is -2.23. The molecule has 156 valence electrons. The minimum absolute atomic E-state index is 0.0135. The van der Waals surface area contributed by atoms with Crippen molar-refractivity contribution in [3.05, 3.63) is 101 Å². The first kappa shape index (κ1) is 20.2. The van der Waals surface area contributed by atoms with Crippen LogP contribution in [-0.4, -0.2) is 12.0 Å². The van der Waals surface area contributed by atoms with Crippen LogP contribution >= 0.6 is 0 Å². The molecule has 0 spiro atoms. The first-order valence-corrected chi connectivity index (χ1v) is 9.92. The average molecular weight is 414 g/mol. The molecule has 0 saturated heterocycles. The summed E-state index contributed by atoms with van der Waals surface area (Å²) in [5, 5.41) is 6.44. The topological polar surface area (TPSA) is 80.6 Å². The fourth-order valence-corrected chi connectivity index (χ4v) is 3.26. The number of ether oxygens (including phenoxy) is 1. The van der Waals surface area contributed by atoms with Gasteiger partial charge in [-0.2, -0.15) is 0 Å². The van der Waals surface area contributed by atoms with E-state index >= 15 is 0 Å². The maximum atomic E-state index is 12.5. The van der Waals surface area contributed by atoms with E-state index in [9.17, 15) is 9.59 Å². The number of fused-ring (bicyclic) bond motifs is 1. The highest BCUT2D eigenvalue weighted by Crippen LogP contribution is 2.29. The number of alkyl carbamates (subject to hydrolysis) is 1. The van der Waals surface area contributed by atoms with E-state index in [-0.39, 0.29) is 12.5 Å². The molecule has 6 heteroatoms. The summed E-state index contributed by atoms with van der Waals surface area (Å²) in [5.74, 6) is 0.271. The van der Waals surface area contributed by atoms with Crippen molar-refractivity contribution >= 4 is 28.7 Å². The smallest absolute Gasteiger partial charge is 0.407 e. The molecule has 4 rings (SSSR count). The molecule has 0 fully saturated rings. The van der Waals surface area contributed by atoms with Crippen molar-refractivity contribution < 1.29 is 18.7 Å². The molecule has 0 bridgehead atoms. The number of anilines is 1. The van der Waals surface area contributed by atoms with Crippen molar-refractivity contribution in [3.63, 3.8) is 0 Å². The summed E-state index contributed by atoms with van der Waals surface area (Å²) in [6.45, 7) is 2.31. The van der Waals surface area contributed by atoms with Crippen molar-refractivity contribution in [2.75, 3.05) is 5.32 Å². The standard InChI is InChI=1S/C25H22N2O4/c1-17-12-20-14-21(16-30-25(29)26-15-18-8-4-2-5-9-18)31-23(20)22(13-17)27-24(28)19-10-6-3-7-11-19/h2-14H,15-16H2,1H3,(H,26,29)(H,27,28). The van der Waals surface area contributed by atoms with Crippen molar-refractivity contribution in [1.29, 1.82) is 0 Å². The van der Waals surface area contributed by atoms with Gasteiger partial charge in [-0.1, -0.05) is 48.5 Å². The van der Waals surface area contributed by atoms with Gasteiger partial charge in [0.25, 0.3) is 5.91 Å². The molecule has 2 amide bonds. The lowest BCUT2D eigenvalue weighted by molar-refractivity contribution is 0.102. The van der Waals surface area contributed by atoms with Crippen LogP contribution in [0.25, 0.3) is 11.0 Å². The number of benzene rings is 3. The van der Waals surface area contributed by atoms with Crippen molar-refractivity contribution in [1.82, 2.24) is 5.32 Å². The fourth-order valence-electron chi connectivity index (χ4n) is 3.26. The minimum Gasteiger partial charge on any atom is -0.455 e. The van der Waals surface area contributed by atoms with Crippen LogP contribution in [0.15, 0.2) is 83.3 Å². The van der Waals surface area contributed by atoms with Gasteiger partial charge in [0.05, 0.1) is 5.69 Å². The second kappa shape index (κ2) is 9.17. The summed E-state index contributed by atoms with van der Waals surface area (Å²) >= 11 is 0. The van der Waals surface area contributed by atoms with Gasteiger partial charge in [0.2, 0.25) is 0 Å². The Labute approximate surface area is 179 Å². The Kier molecular flexibility index (Phi) is 5.98. The second-order valence-electron chi connectivity index (χ2n) is 7.18. The molecular formula is C25H22N2O4. The van der Waals surface area contributed by atoms with Crippen molar-refractivity contribution in [2.45, 2.75) is 20.1 Å². The maximum absolute atomic E-state index is 12.5.